The Morgan fingerprint density at radius 3 is 1.82 bits per heavy atom. The molecule has 0 heterocycles. The van der Waals surface area contributed by atoms with E-state index in [1.54, 1.807) is 0 Å². The Balaban J connectivity index is 1.73. The molecule has 4 aliphatic rings. The fraction of sp³-hybridized carbons (Fsp3) is 0.900. The summed E-state index contributed by atoms with van der Waals surface area (Å²) in [5.41, 5.74) is -2.26. The van der Waals surface area contributed by atoms with Gasteiger partial charge >= 0.3 is 24.2 Å². The van der Waals surface area contributed by atoms with Crippen LogP contribution in [0.15, 0.2) is 0 Å². The van der Waals surface area contributed by atoms with Crippen LogP contribution in [0.4, 0.5) is 14.4 Å². The van der Waals surface area contributed by atoms with E-state index >= 15 is 0 Å². The molecule has 11 atom stereocenters. The number of carbonyl (C=O) groups is 4. The summed E-state index contributed by atoms with van der Waals surface area (Å²) in [6.07, 6.45) is 5.84. The molecular formula is C40H69N3O8. The second kappa shape index (κ2) is 15.0. The topological polar surface area (TPSA) is 141 Å². The van der Waals surface area contributed by atoms with Crippen molar-refractivity contribution in [2.24, 2.45) is 46.3 Å². The van der Waals surface area contributed by atoms with Crippen molar-refractivity contribution in [3.05, 3.63) is 0 Å². The van der Waals surface area contributed by atoms with Crippen LogP contribution in [0.5, 0.6) is 0 Å². The Morgan fingerprint density at radius 1 is 0.725 bits per heavy atom. The standard InChI is InChI=1S/C40H69N3O8/c1-23(14-17-31(44)48-13)26-15-16-27-32-28(22-30(40(26,27)12)43-35(47)51-38(8,9)10)39(11)19-18-25(41-33(45)49-36(2,3)4)20-24(39)21-29(32)42-34(46)50-37(5,6)7/h23-30,32H,14-22H2,1-13H3,(H,41,45)(H,42,46)(H,43,47)/t23-,24+,25-,26-,27+,28+,29-,30+,32+,39+,40-/m1/s1. The Morgan fingerprint density at radius 2 is 1.27 bits per heavy atom. The molecular weight excluding hydrogens is 650 g/mol. The lowest BCUT2D eigenvalue weighted by Crippen LogP contribution is -2.68. The number of ether oxygens (including phenoxy) is 4. The summed E-state index contributed by atoms with van der Waals surface area (Å²) in [6, 6.07) is -0.339. The third-order valence-corrected chi connectivity index (χ3v) is 12.8. The van der Waals surface area contributed by atoms with Crippen LogP contribution in [-0.4, -0.2) is 66.3 Å². The summed E-state index contributed by atoms with van der Waals surface area (Å²) < 4.78 is 22.3. The molecule has 11 nitrogen and oxygen atoms in total. The number of rotatable bonds is 7. The predicted molar refractivity (Wildman–Crippen MR) is 196 cm³/mol. The molecule has 0 aromatic carbocycles. The van der Waals surface area contributed by atoms with Gasteiger partial charge in [0.1, 0.15) is 16.8 Å². The van der Waals surface area contributed by atoms with Crippen molar-refractivity contribution in [3.63, 3.8) is 0 Å². The summed E-state index contributed by atoms with van der Waals surface area (Å²) in [7, 11) is 1.43. The first-order valence-corrected chi connectivity index (χ1v) is 19.4. The van der Waals surface area contributed by atoms with Gasteiger partial charge in [-0.3, -0.25) is 4.79 Å². The first-order valence-electron chi connectivity index (χ1n) is 19.4. The Bertz CT molecular complexity index is 1280. The molecule has 292 valence electrons. The van der Waals surface area contributed by atoms with Crippen LogP contribution >= 0.6 is 0 Å². The van der Waals surface area contributed by atoms with Gasteiger partial charge in [0.05, 0.1) is 7.11 Å². The summed E-state index contributed by atoms with van der Waals surface area (Å²) in [5, 5.41) is 9.92. The summed E-state index contributed by atoms with van der Waals surface area (Å²) in [6.45, 7) is 23.8. The van der Waals surface area contributed by atoms with E-state index in [-0.39, 0.29) is 70.4 Å². The number of alkyl carbamates (subject to hydrolysis) is 3. The first-order chi connectivity index (χ1) is 23.4. The van der Waals surface area contributed by atoms with Gasteiger partial charge in [-0.25, -0.2) is 14.4 Å². The molecule has 4 saturated carbocycles. The molecule has 0 spiro atoms. The van der Waals surface area contributed by atoms with Crippen molar-refractivity contribution in [3.8, 4) is 0 Å². The average molecular weight is 720 g/mol. The Hall–Kier alpha value is -2.72. The Kier molecular flexibility index (Phi) is 12.0. The highest BCUT2D eigenvalue weighted by atomic mass is 16.6. The second-order valence-corrected chi connectivity index (χ2v) is 19.7. The number of hydrogen-bond donors (Lipinski definition) is 3. The van der Waals surface area contributed by atoms with Crippen LogP contribution in [-0.2, 0) is 23.7 Å². The van der Waals surface area contributed by atoms with Crippen LogP contribution in [0.2, 0.25) is 0 Å². The first kappa shape index (κ1) is 41.0. The van der Waals surface area contributed by atoms with Gasteiger partial charge in [-0.15, -0.1) is 0 Å². The maximum absolute atomic E-state index is 13.6. The maximum atomic E-state index is 13.6. The van der Waals surface area contributed by atoms with Crippen LogP contribution in [0.25, 0.3) is 0 Å². The third-order valence-electron chi connectivity index (χ3n) is 12.8. The zero-order valence-electron chi connectivity index (χ0n) is 33.8. The van der Waals surface area contributed by atoms with Gasteiger partial charge in [0.2, 0.25) is 0 Å². The predicted octanol–water partition coefficient (Wildman–Crippen LogP) is 8.13. The van der Waals surface area contributed by atoms with Gasteiger partial charge in [0.25, 0.3) is 0 Å². The number of hydrogen-bond acceptors (Lipinski definition) is 8. The molecule has 0 aliphatic heterocycles. The molecule has 0 aromatic heterocycles. The van der Waals surface area contributed by atoms with E-state index < -0.39 is 35.1 Å². The summed E-state index contributed by atoms with van der Waals surface area (Å²) in [4.78, 5) is 52.2. The summed E-state index contributed by atoms with van der Waals surface area (Å²) in [5.74, 6) is 1.03. The van der Waals surface area contributed by atoms with Gasteiger partial charge in [-0.2, -0.15) is 0 Å². The van der Waals surface area contributed by atoms with Crippen molar-refractivity contribution >= 4 is 24.2 Å². The minimum Gasteiger partial charge on any atom is -0.469 e. The highest BCUT2D eigenvalue weighted by Gasteiger charge is 2.66. The molecule has 0 aromatic rings. The van der Waals surface area contributed by atoms with Gasteiger partial charge in [0.15, 0.2) is 0 Å². The number of esters is 1. The van der Waals surface area contributed by atoms with Crippen LogP contribution in [0.1, 0.15) is 141 Å². The number of carbonyl (C=O) groups excluding carboxylic acids is 4. The highest BCUT2D eigenvalue weighted by molar-refractivity contribution is 5.70. The van der Waals surface area contributed by atoms with E-state index in [1.807, 2.05) is 62.3 Å². The molecule has 4 fully saturated rings. The van der Waals surface area contributed by atoms with Gasteiger partial charge < -0.3 is 34.9 Å². The molecule has 3 N–H and O–H groups in total. The van der Waals surface area contributed by atoms with E-state index in [9.17, 15) is 19.2 Å². The average Bonchev–Trinajstić information content (AvgIpc) is 3.32. The van der Waals surface area contributed by atoms with E-state index in [4.69, 9.17) is 18.9 Å². The SMILES string of the molecule is COC(=O)CC[C@@H](C)[C@H]1CC[C@H]2[C@@H]3[C@H](NC(=O)OC(C)(C)C)C[C@@H]4C[C@H](NC(=O)OC(C)(C)C)CC[C@]4(C)[C@H]3C[C@H](NC(=O)OC(C)(C)C)[C@]12C. The van der Waals surface area contributed by atoms with Crippen molar-refractivity contribution in [2.75, 3.05) is 7.11 Å². The Labute approximate surface area is 307 Å². The minimum atomic E-state index is -0.645. The number of fused-ring (bicyclic) bond motifs is 5. The molecule has 4 aliphatic carbocycles. The van der Waals surface area contributed by atoms with Gasteiger partial charge in [0, 0.05) is 24.5 Å². The van der Waals surface area contributed by atoms with Gasteiger partial charge in [-0.1, -0.05) is 20.8 Å². The molecule has 4 rings (SSSR count). The van der Waals surface area contributed by atoms with Crippen LogP contribution in [0, 0.1) is 46.3 Å². The van der Waals surface area contributed by atoms with E-state index in [1.165, 1.54) is 7.11 Å². The zero-order chi connectivity index (χ0) is 38.3. The van der Waals surface area contributed by atoms with E-state index in [0.29, 0.717) is 12.8 Å². The monoisotopic (exact) mass is 720 g/mol. The molecule has 0 radical (unpaired) electrons. The zero-order valence-corrected chi connectivity index (χ0v) is 33.8. The number of nitrogens with one attached hydrogen (secondary N) is 3. The molecule has 51 heavy (non-hydrogen) atoms. The lowest BCUT2D eigenvalue weighted by molar-refractivity contribution is -0.145. The van der Waals surface area contributed by atoms with E-state index in [0.717, 1.165) is 44.9 Å². The van der Waals surface area contributed by atoms with Crippen molar-refractivity contribution < 1.29 is 38.1 Å². The number of amides is 3. The van der Waals surface area contributed by atoms with Gasteiger partial charge in [-0.05, 0) is 160 Å². The van der Waals surface area contributed by atoms with Crippen LogP contribution < -0.4 is 16.0 Å². The minimum absolute atomic E-state index is 0.0345. The largest absolute Gasteiger partial charge is 0.469 e. The highest BCUT2D eigenvalue weighted by Crippen LogP contribution is 2.68. The quantitative estimate of drug-likeness (QED) is 0.177. The fourth-order valence-corrected chi connectivity index (χ4v) is 10.8. The van der Waals surface area contributed by atoms with Crippen LogP contribution in [0.3, 0.4) is 0 Å². The summed E-state index contributed by atoms with van der Waals surface area (Å²) >= 11 is 0. The van der Waals surface area contributed by atoms with Crippen molar-refractivity contribution in [1.29, 1.82) is 0 Å². The normalized spacial score (nSPS) is 35.5. The molecule has 3 amide bonds. The fourth-order valence-electron chi connectivity index (χ4n) is 10.8. The third kappa shape index (κ3) is 9.64. The number of methoxy groups -OCH3 is 1. The van der Waals surface area contributed by atoms with E-state index in [2.05, 4.69) is 36.7 Å². The molecule has 0 saturated heterocycles. The maximum Gasteiger partial charge on any atom is 0.407 e. The smallest absolute Gasteiger partial charge is 0.407 e. The molecule has 11 heteroatoms. The lowest BCUT2D eigenvalue weighted by atomic mass is 9.42. The molecule has 0 unspecified atom stereocenters. The second-order valence-electron chi connectivity index (χ2n) is 19.7. The van der Waals surface area contributed by atoms with Crippen molar-refractivity contribution in [1.82, 2.24) is 16.0 Å². The van der Waals surface area contributed by atoms with Crippen molar-refractivity contribution in [2.45, 2.75) is 176 Å². The lowest BCUT2D eigenvalue weighted by Gasteiger charge is -2.65. The molecule has 0 bridgehead atoms.